The van der Waals surface area contributed by atoms with Gasteiger partial charge in [-0.1, -0.05) is 36.4 Å². The van der Waals surface area contributed by atoms with E-state index in [-0.39, 0.29) is 22.6 Å². The van der Waals surface area contributed by atoms with Crippen LogP contribution in [-0.4, -0.2) is 10.9 Å². The first-order chi connectivity index (χ1) is 15.6. The van der Waals surface area contributed by atoms with Crippen LogP contribution in [0.1, 0.15) is 27.0 Å². The normalized spacial score (nSPS) is 11.5. The standard InChI is InChI=1S/C23H13F3N2O5/c24-23(25,26)18-7-10-21(20(12-18)28(31)32)33-19-8-1-14(2-9-19)11-17(13-27)15-3-5-16(6-4-15)22(29)30/h1-12H,(H,29,30)/p-1/b17-11+. The number of allylic oxidation sites excluding steroid dienone is 1. The molecule has 0 fully saturated rings. The van der Waals surface area contributed by atoms with Gasteiger partial charge < -0.3 is 14.6 Å². The van der Waals surface area contributed by atoms with Gasteiger partial charge in [0.15, 0.2) is 0 Å². The van der Waals surface area contributed by atoms with Gasteiger partial charge in [0, 0.05) is 6.07 Å². The van der Waals surface area contributed by atoms with E-state index in [4.69, 9.17) is 4.74 Å². The van der Waals surface area contributed by atoms with Gasteiger partial charge in [-0.25, -0.2) is 0 Å². The molecule has 0 aliphatic heterocycles. The molecule has 7 nitrogen and oxygen atoms in total. The number of carboxylic acids is 1. The Morgan fingerprint density at radius 3 is 2.12 bits per heavy atom. The van der Waals surface area contributed by atoms with Gasteiger partial charge in [-0.3, -0.25) is 10.1 Å². The number of carbonyl (C=O) groups is 1. The molecule has 0 aliphatic carbocycles. The van der Waals surface area contributed by atoms with Crippen molar-refractivity contribution in [2.45, 2.75) is 6.18 Å². The number of carbonyl (C=O) groups excluding carboxylic acids is 1. The fourth-order valence-electron chi connectivity index (χ4n) is 2.81. The predicted molar refractivity (Wildman–Crippen MR) is 109 cm³/mol. The summed E-state index contributed by atoms with van der Waals surface area (Å²) in [6, 6.07) is 15.4. The molecule has 0 spiro atoms. The number of alkyl halides is 3. The van der Waals surface area contributed by atoms with Crippen molar-refractivity contribution in [2.75, 3.05) is 0 Å². The number of rotatable bonds is 6. The fourth-order valence-corrected chi connectivity index (χ4v) is 2.81. The maximum absolute atomic E-state index is 12.8. The Kier molecular flexibility index (Phi) is 6.44. The summed E-state index contributed by atoms with van der Waals surface area (Å²) >= 11 is 0. The monoisotopic (exact) mass is 453 g/mol. The molecule has 0 heterocycles. The molecule has 0 amide bonds. The predicted octanol–water partition coefficient (Wildman–Crippen LogP) is 4.83. The lowest BCUT2D eigenvalue weighted by atomic mass is 10.0. The van der Waals surface area contributed by atoms with Crippen LogP contribution in [0.3, 0.4) is 0 Å². The van der Waals surface area contributed by atoms with Crippen LogP contribution in [0.4, 0.5) is 18.9 Å². The van der Waals surface area contributed by atoms with E-state index in [1.54, 1.807) is 0 Å². The summed E-state index contributed by atoms with van der Waals surface area (Å²) in [4.78, 5) is 21.0. The number of nitrogens with zero attached hydrogens (tertiary/aromatic N) is 2. The van der Waals surface area contributed by atoms with Gasteiger partial charge >= 0.3 is 11.9 Å². The van der Waals surface area contributed by atoms with Gasteiger partial charge in [-0.15, -0.1) is 0 Å². The Morgan fingerprint density at radius 2 is 1.61 bits per heavy atom. The van der Waals surface area contributed by atoms with E-state index >= 15 is 0 Å². The van der Waals surface area contributed by atoms with Crippen molar-refractivity contribution in [1.29, 1.82) is 5.26 Å². The van der Waals surface area contributed by atoms with Gasteiger partial charge in [0.25, 0.3) is 0 Å². The lowest BCUT2D eigenvalue weighted by Crippen LogP contribution is -2.21. The number of nitro groups is 1. The second-order valence-corrected chi connectivity index (χ2v) is 6.64. The quantitative estimate of drug-likeness (QED) is 0.228. The number of aromatic carboxylic acids is 1. The Bertz CT molecular complexity index is 1280. The summed E-state index contributed by atoms with van der Waals surface area (Å²) < 4.78 is 43.9. The van der Waals surface area contributed by atoms with E-state index in [2.05, 4.69) is 0 Å². The third-order valence-electron chi connectivity index (χ3n) is 4.45. The molecule has 0 aromatic heterocycles. The Hall–Kier alpha value is -4.65. The minimum Gasteiger partial charge on any atom is -0.545 e. The third-order valence-corrected chi connectivity index (χ3v) is 4.45. The molecule has 33 heavy (non-hydrogen) atoms. The molecule has 0 atom stereocenters. The van der Waals surface area contributed by atoms with Crippen molar-refractivity contribution < 1.29 is 32.7 Å². The molecule has 3 aromatic carbocycles. The Balaban J connectivity index is 1.83. The van der Waals surface area contributed by atoms with Crippen LogP contribution >= 0.6 is 0 Å². The topological polar surface area (TPSA) is 116 Å². The summed E-state index contributed by atoms with van der Waals surface area (Å²) in [6.45, 7) is 0. The summed E-state index contributed by atoms with van der Waals surface area (Å²) in [5.74, 6) is -1.57. The SMILES string of the molecule is N#C/C(=C\c1ccc(Oc2ccc(C(F)(F)F)cc2[N+](=O)[O-])cc1)c1ccc(C(=O)[O-])cc1. The van der Waals surface area contributed by atoms with Gasteiger partial charge in [0.1, 0.15) is 5.75 Å². The second-order valence-electron chi connectivity index (χ2n) is 6.64. The maximum Gasteiger partial charge on any atom is 0.416 e. The number of hydrogen-bond donors (Lipinski definition) is 0. The van der Waals surface area contributed by atoms with Crippen molar-refractivity contribution in [3.63, 3.8) is 0 Å². The molecule has 0 N–H and O–H groups in total. The minimum absolute atomic E-state index is 0.0325. The van der Waals surface area contributed by atoms with Crippen LogP contribution in [0.5, 0.6) is 11.5 Å². The average Bonchev–Trinajstić information content (AvgIpc) is 2.78. The Labute approximate surface area is 184 Å². The highest BCUT2D eigenvalue weighted by Gasteiger charge is 2.33. The zero-order valence-corrected chi connectivity index (χ0v) is 16.5. The van der Waals surface area contributed by atoms with Gasteiger partial charge in [0.2, 0.25) is 5.75 Å². The van der Waals surface area contributed by atoms with E-state index in [1.165, 1.54) is 54.6 Å². The molecule has 0 radical (unpaired) electrons. The first-order valence-electron chi connectivity index (χ1n) is 9.15. The molecule has 166 valence electrons. The first-order valence-corrected chi connectivity index (χ1v) is 9.15. The number of nitriles is 1. The van der Waals surface area contributed by atoms with Gasteiger partial charge in [-0.05, 0) is 47.0 Å². The van der Waals surface area contributed by atoms with E-state index in [0.717, 1.165) is 6.07 Å². The van der Waals surface area contributed by atoms with Crippen molar-refractivity contribution in [3.8, 4) is 17.6 Å². The molecule has 0 saturated heterocycles. The van der Waals surface area contributed by atoms with E-state index < -0.39 is 28.3 Å². The lowest BCUT2D eigenvalue weighted by Gasteiger charge is -2.10. The van der Waals surface area contributed by atoms with Crippen LogP contribution in [0.15, 0.2) is 66.7 Å². The van der Waals surface area contributed by atoms with Crippen LogP contribution < -0.4 is 9.84 Å². The summed E-state index contributed by atoms with van der Waals surface area (Å²) in [6.07, 6.45) is -3.21. The highest BCUT2D eigenvalue weighted by molar-refractivity contribution is 5.91. The van der Waals surface area contributed by atoms with Crippen molar-refractivity contribution in [2.24, 2.45) is 0 Å². The summed E-state index contributed by atoms with van der Waals surface area (Å²) in [5, 5.41) is 31.4. The molecule has 0 bridgehead atoms. The minimum atomic E-state index is -4.74. The summed E-state index contributed by atoms with van der Waals surface area (Å²) in [5.41, 5.74) is -0.755. The molecule has 0 unspecified atom stereocenters. The molecule has 3 aromatic rings. The number of benzene rings is 3. The fraction of sp³-hybridized carbons (Fsp3) is 0.0435. The zero-order chi connectivity index (χ0) is 24.2. The zero-order valence-electron chi connectivity index (χ0n) is 16.5. The van der Waals surface area contributed by atoms with E-state index in [0.29, 0.717) is 23.3 Å². The highest BCUT2D eigenvalue weighted by Crippen LogP contribution is 2.37. The number of halogens is 3. The second kappa shape index (κ2) is 9.23. The van der Waals surface area contributed by atoms with E-state index in [9.17, 15) is 38.4 Å². The first kappa shape index (κ1) is 23.0. The largest absolute Gasteiger partial charge is 0.545 e. The number of ether oxygens (including phenoxy) is 1. The van der Waals surface area contributed by atoms with Crippen molar-refractivity contribution in [3.05, 3.63) is 99.1 Å². The van der Waals surface area contributed by atoms with Crippen LogP contribution in [0.25, 0.3) is 11.6 Å². The molecule has 10 heteroatoms. The van der Waals surface area contributed by atoms with Gasteiger partial charge in [0.05, 0.1) is 28.1 Å². The maximum atomic E-state index is 12.8. The number of hydrogen-bond acceptors (Lipinski definition) is 6. The molecule has 3 rings (SSSR count). The van der Waals surface area contributed by atoms with Crippen LogP contribution in [-0.2, 0) is 6.18 Å². The molecular formula is C23H12F3N2O5-. The molecular weight excluding hydrogens is 441 g/mol. The summed E-state index contributed by atoms with van der Waals surface area (Å²) in [7, 11) is 0. The number of carboxylic acid groups (broad SMARTS) is 1. The van der Waals surface area contributed by atoms with E-state index in [1.807, 2.05) is 6.07 Å². The Morgan fingerprint density at radius 1 is 1.00 bits per heavy atom. The molecule has 0 saturated carbocycles. The van der Waals surface area contributed by atoms with Crippen LogP contribution in [0, 0.1) is 21.4 Å². The van der Waals surface area contributed by atoms with Crippen molar-refractivity contribution >= 4 is 23.3 Å². The third kappa shape index (κ3) is 5.54. The molecule has 0 aliphatic rings. The van der Waals surface area contributed by atoms with Gasteiger partial charge in [-0.2, -0.15) is 18.4 Å². The highest BCUT2D eigenvalue weighted by atomic mass is 19.4. The van der Waals surface area contributed by atoms with Crippen molar-refractivity contribution in [1.82, 2.24) is 0 Å². The smallest absolute Gasteiger partial charge is 0.416 e. The lowest BCUT2D eigenvalue weighted by molar-refractivity contribution is -0.385. The number of nitro benzene ring substituents is 1. The van der Waals surface area contributed by atoms with Crippen LogP contribution in [0.2, 0.25) is 0 Å². The average molecular weight is 453 g/mol.